The van der Waals surface area contributed by atoms with Crippen molar-refractivity contribution in [3.8, 4) is 0 Å². The Kier molecular flexibility index (Phi) is 6.91. The van der Waals surface area contributed by atoms with Crippen molar-refractivity contribution in [2.75, 3.05) is 13.7 Å². The van der Waals surface area contributed by atoms with Crippen LogP contribution in [-0.2, 0) is 22.7 Å². The van der Waals surface area contributed by atoms with Gasteiger partial charge in [-0.25, -0.2) is 0 Å². The zero-order chi connectivity index (χ0) is 17.2. The summed E-state index contributed by atoms with van der Waals surface area (Å²) < 4.78 is 5.05. The SMILES string of the molecule is COCc1cccc(C(=O)NCCC(=O)NCc2ccncc2)c1. The molecule has 0 fully saturated rings. The lowest BCUT2D eigenvalue weighted by molar-refractivity contribution is -0.121. The number of carbonyl (C=O) groups is 2. The summed E-state index contributed by atoms with van der Waals surface area (Å²) in [4.78, 5) is 27.8. The summed E-state index contributed by atoms with van der Waals surface area (Å²) >= 11 is 0. The molecule has 1 heterocycles. The molecular formula is C18H21N3O3. The molecule has 2 amide bonds. The van der Waals surface area contributed by atoms with Gasteiger partial charge in [0.05, 0.1) is 6.61 Å². The van der Waals surface area contributed by atoms with Gasteiger partial charge in [-0.05, 0) is 35.4 Å². The topological polar surface area (TPSA) is 80.3 Å². The van der Waals surface area contributed by atoms with E-state index in [1.54, 1.807) is 31.6 Å². The van der Waals surface area contributed by atoms with Gasteiger partial charge in [-0.3, -0.25) is 14.6 Å². The molecule has 1 aromatic carbocycles. The second-order valence-electron chi connectivity index (χ2n) is 5.27. The lowest BCUT2D eigenvalue weighted by Crippen LogP contribution is -2.30. The van der Waals surface area contributed by atoms with Gasteiger partial charge in [-0.15, -0.1) is 0 Å². The molecule has 0 aliphatic heterocycles. The Labute approximate surface area is 141 Å². The van der Waals surface area contributed by atoms with Gasteiger partial charge in [0.1, 0.15) is 0 Å². The van der Waals surface area contributed by atoms with Crippen molar-refractivity contribution in [1.82, 2.24) is 15.6 Å². The molecule has 24 heavy (non-hydrogen) atoms. The summed E-state index contributed by atoms with van der Waals surface area (Å²) in [5.41, 5.74) is 2.47. The average molecular weight is 327 g/mol. The van der Waals surface area contributed by atoms with E-state index in [-0.39, 0.29) is 24.8 Å². The van der Waals surface area contributed by atoms with Crippen molar-refractivity contribution < 1.29 is 14.3 Å². The fraction of sp³-hybridized carbons (Fsp3) is 0.278. The predicted octanol–water partition coefficient (Wildman–Crippen LogP) is 1.66. The molecule has 2 rings (SSSR count). The normalized spacial score (nSPS) is 10.2. The summed E-state index contributed by atoms with van der Waals surface area (Å²) in [5.74, 6) is -0.310. The van der Waals surface area contributed by atoms with Gasteiger partial charge in [0, 0.05) is 44.6 Å². The molecule has 0 spiro atoms. The van der Waals surface area contributed by atoms with Gasteiger partial charge in [0.25, 0.3) is 5.91 Å². The van der Waals surface area contributed by atoms with Crippen LogP contribution in [0.3, 0.4) is 0 Å². The maximum atomic E-state index is 12.1. The average Bonchev–Trinajstić information content (AvgIpc) is 2.61. The van der Waals surface area contributed by atoms with Crippen LogP contribution in [0.1, 0.15) is 27.9 Å². The molecule has 2 N–H and O–H groups in total. The minimum absolute atomic E-state index is 0.111. The van der Waals surface area contributed by atoms with Crippen LogP contribution in [0.25, 0.3) is 0 Å². The van der Waals surface area contributed by atoms with Crippen LogP contribution in [0.2, 0.25) is 0 Å². The van der Waals surface area contributed by atoms with E-state index in [0.717, 1.165) is 11.1 Å². The Morgan fingerprint density at radius 2 is 1.88 bits per heavy atom. The highest BCUT2D eigenvalue weighted by Crippen LogP contribution is 2.06. The standard InChI is InChI=1S/C18H21N3O3/c1-24-13-15-3-2-4-16(11-15)18(23)20-10-7-17(22)21-12-14-5-8-19-9-6-14/h2-6,8-9,11H,7,10,12-13H2,1H3,(H,20,23)(H,21,22). The van der Waals surface area contributed by atoms with Crippen molar-refractivity contribution in [1.29, 1.82) is 0 Å². The number of amides is 2. The zero-order valence-corrected chi connectivity index (χ0v) is 13.6. The second-order valence-corrected chi connectivity index (χ2v) is 5.27. The zero-order valence-electron chi connectivity index (χ0n) is 13.6. The molecule has 0 saturated carbocycles. The number of aromatic nitrogens is 1. The fourth-order valence-corrected chi connectivity index (χ4v) is 2.15. The molecule has 0 aliphatic carbocycles. The van der Waals surface area contributed by atoms with Crippen molar-refractivity contribution in [2.45, 2.75) is 19.6 Å². The molecule has 0 radical (unpaired) electrons. The van der Waals surface area contributed by atoms with Crippen molar-refractivity contribution in [2.24, 2.45) is 0 Å². The van der Waals surface area contributed by atoms with Crippen LogP contribution in [0, 0.1) is 0 Å². The Balaban J connectivity index is 1.72. The van der Waals surface area contributed by atoms with Crippen LogP contribution < -0.4 is 10.6 Å². The first kappa shape index (κ1) is 17.6. The smallest absolute Gasteiger partial charge is 0.251 e. The molecule has 0 atom stereocenters. The molecule has 0 unspecified atom stereocenters. The van der Waals surface area contributed by atoms with E-state index < -0.39 is 0 Å². The Hall–Kier alpha value is -2.73. The van der Waals surface area contributed by atoms with Crippen LogP contribution in [0.15, 0.2) is 48.8 Å². The van der Waals surface area contributed by atoms with E-state index in [4.69, 9.17) is 4.74 Å². The van der Waals surface area contributed by atoms with Crippen LogP contribution >= 0.6 is 0 Å². The number of ether oxygens (including phenoxy) is 1. The lowest BCUT2D eigenvalue weighted by atomic mass is 10.1. The van der Waals surface area contributed by atoms with Crippen LogP contribution in [0.4, 0.5) is 0 Å². The Bertz CT molecular complexity index is 674. The third-order valence-corrected chi connectivity index (χ3v) is 3.38. The Morgan fingerprint density at radius 1 is 1.08 bits per heavy atom. The molecule has 0 saturated heterocycles. The minimum Gasteiger partial charge on any atom is -0.380 e. The third kappa shape index (κ3) is 5.81. The van der Waals surface area contributed by atoms with Gasteiger partial charge in [0.2, 0.25) is 5.91 Å². The molecule has 1 aromatic heterocycles. The van der Waals surface area contributed by atoms with Crippen LogP contribution in [-0.4, -0.2) is 30.5 Å². The van der Waals surface area contributed by atoms with Crippen molar-refractivity contribution in [3.05, 3.63) is 65.5 Å². The van der Waals surface area contributed by atoms with Gasteiger partial charge < -0.3 is 15.4 Å². The van der Waals surface area contributed by atoms with E-state index in [1.165, 1.54) is 0 Å². The number of hydrogen-bond acceptors (Lipinski definition) is 4. The molecule has 2 aromatic rings. The van der Waals surface area contributed by atoms with E-state index in [0.29, 0.717) is 18.7 Å². The summed E-state index contributed by atoms with van der Waals surface area (Å²) in [6.07, 6.45) is 3.59. The van der Waals surface area contributed by atoms with E-state index >= 15 is 0 Å². The largest absolute Gasteiger partial charge is 0.380 e. The molecule has 126 valence electrons. The minimum atomic E-state index is -0.199. The summed E-state index contributed by atoms with van der Waals surface area (Å²) in [6, 6.07) is 10.9. The number of benzene rings is 1. The van der Waals surface area contributed by atoms with Crippen molar-refractivity contribution >= 4 is 11.8 Å². The highest BCUT2D eigenvalue weighted by atomic mass is 16.5. The highest BCUT2D eigenvalue weighted by molar-refractivity contribution is 5.94. The highest BCUT2D eigenvalue weighted by Gasteiger charge is 2.07. The quantitative estimate of drug-likeness (QED) is 0.773. The third-order valence-electron chi connectivity index (χ3n) is 3.38. The van der Waals surface area contributed by atoms with E-state index in [9.17, 15) is 9.59 Å². The number of rotatable bonds is 8. The van der Waals surface area contributed by atoms with Gasteiger partial charge in [0.15, 0.2) is 0 Å². The van der Waals surface area contributed by atoms with Crippen molar-refractivity contribution in [3.63, 3.8) is 0 Å². The maximum absolute atomic E-state index is 12.1. The molecule has 0 bridgehead atoms. The van der Waals surface area contributed by atoms with Gasteiger partial charge in [-0.1, -0.05) is 12.1 Å². The molecule has 6 nitrogen and oxygen atoms in total. The summed E-state index contributed by atoms with van der Waals surface area (Å²) in [5, 5.41) is 5.55. The van der Waals surface area contributed by atoms with Gasteiger partial charge in [-0.2, -0.15) is 0 Å². The van der Waals surface area contributed by atoms with E-state index in [2.05, 4.69) is 15.6 Å². The monoisotopic (exact) mass is 327 g/mol. The number of nitrogens with one attached hydrogen (secondary N) is 2. The first-order valence-electron chi connectivity index (χ1n) is 7.70. The Morgan fingerprint density at radius 3 is 2.62 bits per heavy atom. The summed E-state index contributed by atoms with van der Waals surface area (Å²) in [7, 11) is 1.61. The first-order valence-corrected chi connectivity index (χ1v) is 7.70. The van der Waals surface area contributed by atoms with E-state index in [1.807, 2.05) is 24.3 Å². The molecule has 6 heteroatoms. The molecule has 0 aliphatic rings. The number of pyridine rings is 1. The summed E-state index contributed by atoms with van der Waals surface area (Å²) in [6.45, 7) is 1.20. The molecular weight excluding hydrogens is 306 g/mol. The fourth-order valence-electron chi connectivity index (χ4n) is 2.15. The maximum Gasteiger partial charge on any atom is 0.251 e. The number of nitrogens with zero attached hydrogens (tertiary/aromatic N) is 1. The first-order chi connectivity index (χ1) is 11.7. The number of methoxy groups -OCH3 is 1. The number of hydrogen-bond donors (Lipinski definition) is 2. The lowest BCUT2D eigenvalue weighted by Gasteiger charge is -2.08. The second kappa shape index (κ2) is 9.42. The predicted molar refractivity (Wildman–Crippen MR) is 90.2 cm³/mol. The van der Waals surface area contributed by atoms with Crippen LogP contribution in [0.5, 0.6) is 0 Å². The van der Waals surface area contributed by atoms with Gasteiger partial charge >= 0.3 is 0 Å². The number of carbonyl (C=O) groups excluding carboxylic acids is 2.